The molecule has 1 N–H and O–H groups in total. The van der Waals surface area contributed by atoms with Crippen LogP contribution in [0.2, 0.25) is 0 Å². The van der Waals surface area contributed by atoms with Gasteiger partial charge in [0, 0.05) is 17.9 Å². The lowest BCUT2D eigenvalue weighted by molar-refractivity contribution is 0.367. The largest absolute Gasteiger partial charge is 0.349 e. The molecule has 84 valence electrons. The molecule has 1 aromatic rings. The van der Waals surface area contributed by atoms with Crippen LogP contribution in [-0.2, 0) is 6.42 Å². The Bertz CT molecular complexity index is 295. The van der Waals surface area contributed by atoms with Crippen LogP contribution in [0.4, 0.5) is 0 Å². The van der Waals surface area contributed by atoms with Gasteiger partial charge < -0.3 is 9.88 Å². The van der Waals surface area contributed by atoms with Gasteiger partial charge in [0.25, 0.3) is 0 Å². The summed E-state index contributed by atoms with van der Waals surface area (Å²) >= 11 is 0. The van der Waals surface area contributed by atoms with Crippen LogP contribution in [0.25, 0.3) is 0 Å². The third kappa shape index (κ3) is 2.63. The first kappa shape index (κ1) is 10.7. The minimum Gasteiger partial charge on any atom is -0.349 e. The molecule has 0 spiro atoms. The molecule has 1 aliphatic heterocycles. The Balaban J connectivity index is 1.99. The second kappa shape index (κ2) is 4.84. The molecule has 0 saturated carbocycles. The van der Waals surface area contributed by atoms with Crippen molar-refractivity contribution < 1.29 is 0 Å². The third-order valence-corrected chi connectivity index (χ3v) is 3.32. The van der Waals surface area contributed by atoms with E-state index in [2.05, 4.69) is 42.1 Å². The highest BCUT2D eigenvalue weighted by molar-refractivity contribution is 5.09. The predicted molar refractivity (Wildman–Crippen MR) is 64.1 cm³/mol. The maximum absolute atomic E-state index is 3.49. The third-order valence-electron chi connectivity index (χ3n) is 3.32. The van der Waals surface area contributed by atoms with Gasteiger partial charge in [-0.05, 0) is 64.3 Å². The zero-order chi connectivity index (χ0) is 10.7. The minimum absolute atomic E-state index is 0.589. The van der Waals surface area contributed by atoms with Crippen molar-refractivity contribution in [2.24, 2.45) is 5.92 Å². The highest BCUT2D eigenvalue weighted by Crippen LogP contribution is 2.19. The fourth-order valence-electron chi connectivity index (χ4n) is 2.50. The number of piperidine rings is 1. The maximum atomic E-state index is 3.49. The molecule has 2 rings (SSSR count). The maximum Gasteiger partial charge on any atom is 0.0276 e. The molecule has 2 heterocycles. The lowest BCUT2D eigenvalue weighted by Gasteiger charge is -2.24. The molecule has 15 heavy (non-hydrogen) atoms. The summed E-state index contributed by atoms with van der Waals surface area (Å²) in [5, 5.41) is 3.49. The number of aromatic nitrogens is 1. The van der Waals surface area contributed by atoms with E-state index in [1.807, 2.05) is 0 Å². The van der Waals surface area contributed by atoms with Gasteiger partial charge in [0.1, 0.15) is 0 Å². The quantitative estimate of drug-likeness (QED) is 0.804. The van der Waals surface area contributed by atoms with Crippen LogP contribution in [0.1, 0.15) is 38.4 Å². The molecule has 0 amide bonds. The van der Waals surface area contributed by atoms with Crippen molar-refractivity contribution in [1.29, 1.82) is 0 Å². The molecule has 1 saturated heterocycles. The zero-order valence-corrected chi connectivity index (χ0v) is 9.87. The Morgan fingerprint density at radius 3 is 3.07 bits per heavy atom. The van der Waals surface area contributed by atoms with Gasteiger partial charge in [-0.1, -0.05) is 0 Å². The zero-order valence-electron chi connectivity index (χ0n) is 9.87. The summed E-state index contributed by atoms with van der Waals surface area (Å²) in [6, 6.07) is 5.03. The summed E-state index contributed by atoms with van der Waals surface area (Å²) in [5.74, 6) is 0.839. The van der Waals surface area contributed by atoms with Gasteiger partial charge in [0.15, 0.2) is 0 Å². The van der Waals surface area contributed by atoms with E-state index in [0.29, 0.717) is 6.04 Å². The Morgan fingerprint density at radius 1 is 1.53 bits per heavy atom. The molecule has 1 aromatic heterocycles. The topological polar surface area (TPSA) is 17.0 Å². The summed E-state index contributed by atoms with van der Waals surface area (Å²) in [4.78, 5) is 0. The summed E-state index contributed by atoms with van der Waals surface area (Å²) in [6.45, 7) is 6.91. The summed E-state index contributed by atoms with van der Waals surface area (Å²) < 4.78 is 2.40. The molecular formula is C13H22N2. The average Bonchev–Trinajstić information content (AvgIpc) is 2.67. The number of hydrogen-bond donors (Lipinski definition) is 1. The summed E-state index contributed by atoms with van der Waals surface area (Å²) in [6.07, 6.45) is 6.16. The van der Waals surface area contributed by atoms with Gasteiger partial charge in [0.2, 0.25) is 0 Å². The molecular weight excluding hydrogens is 184 g/mol. The summed E-state index contributed by atoms with van der Waals surface area (Å²) in [7, 11) is 0. The number of nitrogens with zero attached hydrogens (tertiary/aromatic N) is 1. The van der Waals surface area contributed by atoms with Crippen molar-refractivity contribution in [2.75, 3.05) is 13.1 Å². The molecule has 2 nitrogen and oxygen atoms in total. The Kier molecular flexibility index (Phi) is 3.47. The number of hydrogen-bond acceptors (Lipinski definition) is 1. The van der Waals surface area contributed by atoms with Crippen molar-refractivity contribution in [2.45, 2.75) is 39.2 Å². The molecule has 0 bridgehead atoms. The van der Waals surface area contributed by atoms with E-state index < -0.39 is 0 Å². The van der Waals surface area contributed by atoms with Gasteiger partial charge in [-0.25, -0.2) is 0 Å². The van der Waals surface area contributed by atoms with E-state index in [-0.39, 0.29) is 0 Å². The average molecular weight is 206 g/mol. The fourth-order valence-corrected chi connectivity index (χ4v) is 2.50. The first-order valence-corrected chi connectivity index (χ1v) is 6.14. The SMILES string of the molecule is CC(C)n1cccc1CC1CCCNC1. The fraction of sp³-hybridized carbons (Fsp3) is 0.692. The molecule has 0 aromatic carbocycles. The van der Waals surface area contributed by atoms with E-state index in [1.165, 1.54) is 38.0 Å². The monoisotopic (exact) mass is 206 g/mol. The lowest BCUT2D eigenvalue weighted by Crippen LogP contribution is -2.31. The van der Waals surface area contributed by atoms with Crippen LogP contribution >= 0.6 is 0 Å². The second-order valence-corrected chi connectivity index (χ2v) is 4.92. The Hall–Kier alpha value is -0.760. The van der Waals surface area contributed by atoms with Crippen LogP contribution in [0.5, 0.6) is 0 Å². The molecule has 1 fully saturated rings. The van der Waals surface area contributed by atoms with E-state index >= 15 is 0 Å². The highest BCUT2D eigenvalue weighted by atomic mass is 15.0. The number of rotatable bonds is 3. The Morgan fingerprint density at radius 2 is 2.40 bits per heavy atom. The van der Waals surface area contributed by atoms with Crippen molar-refractivity contribution in [1.82, 2.24) is 9.88 Å². The first-order valence-electron chi connectivity index (χ1n) is 6.14. The number of nitrogens with one attached hydrogen (secondary N) is 1. The lowest BCUT2D eigenvalue weighted by atomic mass is 9.94. The van der Waals surface area contributed by atoms with Gasteiger partial charge in [0.05, 0.1) is 0 Å². The van der Waals surface area contributed by atoms with E-state index in [1.54, 1.807) is 0 Å². The molecule has 2 heteroatoms. The molecule has 0 aliphatic carbocycles. The van der Waals surface area contributed by atoms with Crippen molar-refractivity contribution in [3.63, 3.8) is 0 Å². The van der Waals surface area contributed by atoms with Crippen LogP contribution < -0.4 is 5.32 Å². The van der Waals surface area contributed by atoms with Crippen LogP contribution in [0.3, 0.4) is 0 Å². The first-order chi connectivity index (χ1) is 7.27. The van der Waals surface area contributed by atoms with Crippen molar-refractivity contribution >= 4 is 0 Å². The van der Waals surface area contributed by atoms with Crippen molar-refractivity contribution in [3.05, 3.63) is 24.0 Å². The van der Waals surface area contributed by atoms with Gasteiger partial charge in [-0.2, -0.15) is 0 Å². The summed E-state index contributed by atoms with van der Waals surface area (Å²) in [5.41, 5.74) is 1.50. The van der Waals surface area contributed by atoms with Gasteiger partial charge >= 0.3 is 0 Å². The smallest absolute Gasteiger partial charge is 0.0276 e. The van der Waals surface area contributed by atoms with Crippen LogP contribution in [0.15, 0.2) is 18.3 Å². The molecule has 1 atom stereocenters. The second-order valence-electron chi connectivity index (χ2n) is 4.92. The normalized spacial score (nSPS) is 22.2. The van der Waals surface area contributed by atoms with Crippen LogP contribution in [-0.4, -0.2) is 17.7 Å². The highest BCUT2D eigenvalue weighted by Gasteiger charge is 2.15. The molecule has 0 radical (unpaired) electrons. The molecule has 1 aliphatic rings. The van der Waals surface area contributed by atoms with Gasteiger partial charge in [-0.15, -0.1) is 0 Å². The Labute approximate surface area is 92.7 Å². The van der Waals surface area contributed by atoms with E-state index in [0.717, 1.165) is 5.92 Å². The molecule has 1 unspecified atom stereocenters. The van der Waals surface area contributed by atoms with Crippen molar-refractivity contribution in [3.8, 4) is 0 Å². The predicted octanol–water partition coefficient (Wildman–Crippen LogP) is 2.61. The van der Waals surface area contributed by atoms with E-state index in [4.69, 9.17) is 0 Å². The van der Waals surface area contributed by atoms with Crippen LogP contribution in [0, 0.1) is 5.92 Å². The standard InChI is InChI=1S/C13H22N2/c1-11(2)15-8-4-6-13(15)9-12-5-3-7-14-10-12/h4,6,8,11-12,14H,3,5,7,9-10H2,1-2H3. The minimum atomic E-state index is 0.589. The van der Waals surface area contributed by atoms with E-state index in [9.17, 15) is 0 Å². The van der Waals surface area contributed by atoms with Gasteiger partial charge in [-0.3, -0.25) is 0 Å².